The molecule has 4 heterocycles. The number of pyridine rings is 1. The smallest absolute Gasteiger partial charge is 0.262 e. The second-order valence-corrected chi connectivity index (χ2v) is 9.91. The summed E-state index contributed by atoms with van der Waals surface area (Å²) in [4.78, 5) is 18.7. The van der Waals surface area contributed by atoms with Crippen molar-refractivity contribution in [2.75, 3.05) is 38.2 Å². The fraction of sp³-hybridized carbons (Fsp3) is 0.429. The molecule has 1 fully saturated rings. The zero-order valence-corrected chi connectivity index (χ0v) is 22.5. The fourth-order valence-corrected chi connectivity index (χ4v) is 5.37. The molecule has 3 aliphatic heterocycles. The van der Waals surface area contributed by atoms with E-state index in [4.69, 9.17) is 14.2 Å². The standard InChI is InChI=1S/C28H31N3O4.2ClH/c1-18-2-6-22-23(29-18)7-9-26-28(22)35-21(16-33-26)15-31-12-10-19(11-13-31)3-4-20-5-8-25-24(14-20)30-27(32)17-34-25;;/h2,5-9,14,19,21H,3-4,10-13,15-17H2,1H3,(H,30,32);2*1H/t21-;;/m0../s1. The lowest BCUT2D eigenvalue weighted by atomic mass is 9.90. The molecule has 7 nitrogen and oxygen atoms in total. The summed E-state index contributed by atoms with van der Waals surface area (Å²) in [5.74, 6) is 3.03. The highest BCUT2D eigenvalue weighted by Gasteiger charge is 2.27. The molecule has 0 saturated carbocycles. The van der Waals surface area contributed by atoms with E-state index in [1.165, 1.54) is 18.4 Å². The van der Waals surface area contributed by atoms with Crippen LogP contribution in [0.15, 0.2) is 42.5 Å². The number of hydrogen-bond acceptors (Lipinski definition) is 6. The highest BCUT2D eigenvalue weighted by atomic mass is 35.5. The van der Waals surface area contributed by atoms with Gasteiger partial charge in [-0.05, 0) is 93.6 Å². The van der Waals surface area contributed by atoms with E-state index in [1.54, 1.807) is 0 Å². The van der Waals surface area contributed by atoms with Gasteiger partial charge in [-0.25, -0.2) is 0 Å². The number of aryl methyl sites for hydroxylation is 2. The topological polar surface area (TPSA) is 72.9 Å². The second-order valence-electron chi connectivity index (χ2n) is 9.91. The van der Waals surface area contributed by atoms with Crippen molar-refractivity contribution >= 4 is 47.3 Å². The number of hydrogen-bond donors (Lipinski definition) is 1. The van der Waals surface area contributed by atoms with Gasteiger partial charge >= 0.3 is 0 Å². The van der Waals surface area contributed by atoms with Gasteiger partial charge in [0.05, 0.1) is 11.2 Å². The summed E-state index contributed by atoms with van der Waals surface area (Å²) in [7, 11) is 0. The molecule has 9 heteroatoms. The largest absolute Gasteiger partial charge is 0.486 e. The molecular formula is C28H33Cl2N3O4. The van der Waals surface area contributed by atoms with Gasteiger partial charge in [0.25, 0.3) is 5.91 Å². The Morgan fingerprint density at radius 2 is 1.84 bits per heavy atom. The van der Waals surface area contributed by atoms with E-state index in [2.05, 4.69) is 33.4 Å². The number of halogens is 2. The highest BCUT2D eigenvalue weighted by Crippen LogP contribution is 2.38. The van der Waals surface area contributed by atoms with Crippen LogP contribution in [-0.2, 0) is 11.2 Å². The van der Waals surface area contributed by atoms with Gasteiger partial charge in [-0.3, -0.25) is 14.7 Å². The molecule has 3 aromatic rings. The van der Waals surface area contributed by atoms with Crippen LogP contribution in [0.3, 0.4) is 0 Å². The molecule has 1 amide bonds. The summed E-state index contributed by atoms with van der Waals surface area (Å²) in [6, 6.07) is 14.2. The lowest BCUT2D eigenvalue weighted by molar-refractivity contribution is -0.118. The van der Waals surface area contributed by atoms with E-state index in [-0.39, 0.29) is 43.4 Å². The van der Waals surface area contributed by atoms with E-state index in [0.717, 1.165) is 77.9 Å². The Labute approximate surface area is 229 Å². The van der Waals surface area contributed by atoms with Gasteiger partial charge in [0.2, 0.25) is 0 Å². The molecule has 37 heavy (non-hydrogen) atoms. The molecule has 0 unspecified atom stereocenters. The number of fused-ring (bicyclic) bond motifs is 4. The number of nitrogens with one attached hydrogen (secondary N) is 1. The van der Waals surface area contributed by atoms with Gasteiger partial charge in [0.1, 0.15) is 18.5 Å². The maximum absolute atomic E-state index is 11.6. The number of anilines is 1. The second kappa shape index (κ2) is 11.8. The summed E-state index contributed by atoms with van der Waals surface area (Å²) in [5, 5.41) is 3.92. The quantitative estimate of drug-likeness (QED) is 0.474. The molecule has 0 radical (unpaired) electrons. The summed E-state index contributed by atoms with van der Waals surface area (Å²) in [5.41, 5.74) is 3.99. The lowest BCUT2D eigenvalue weighted by Crippen LogP contribution is -2.44. The first kappa shape index (κ1) is 27.3. The van der Waals surface area contributed by atoms with Gasteiger partial charge < -0.3 is 19.5 Å². The Morgan fingerprint density at radius 3 is 2.68 bits per heavy atom. The zero-order valence-electron chi connectivity index (χ0n) is 20.9. The normalized spacial score (nSPS) is 19.2. The molecule has 3 aliphatic rings. The number of carbonyl (C=O) groups excluding carboxylic acids is 1. The Morgan fingerprint density at radius 1 is 1.03 bits per heavy atom. The molecule has 2 aromatic carbocycles. The van der Waals surface area contributed by atoms with Crippen LogP contribution in [0.25, 0.3) is 10.9 Å². The first-order valence-electron chi connectivity index (χ1n) is 12.6. The van der Waals surface area contributed by atoms with Gasteiger partial charge in [-0.2, -0.15) is 0 Å². The van der Waals surface area contributed by atoms with Crippen molar-refractivity contribution in [3.63, 3.8) is 0 Å². The molecular weight excluding hydrogens is 513 g/mol. The highest BCUT2D eigenvalue weighted by molar-refractivity contribution is 5.95. The van der Waals surface area contributed by atoms with E-state index < -0.39 is 0 Å². The van der Waals surface area contributed by atoms with Crippen LogP contribution in [0.5, 0.6) is 17.2 Å². The van der Waals surface area contributed by atoms with Crippen LogP contribution in [0.1, 0.15) is 30.5 Å². The first-order valence-corrected chi connectivity index (χ1v) is 12.6. The van der Waals surface area contributed by atoms with Gasteiger partial charge in [0, 0.05) is 17.6 Å². The molecule has 0 aliphatic carbocycles. The van der Waals surface area contributed by atoms with Gasteiger partial charge in [-0.1, -0.05) is 6.07 Å². The monoisotopic (exact) mass is 545 g/mol. The van der Waals surface area contributed by atoms with Crippen molar-refractivity contribution in [3.05, 3.63) is 53.7 Å². The SMILES string of the molecule is Cc1ccc2c3c(ccc2n1)OC[C@H](CN1CCC(CCc2ccc4c(c2)NC(=O)CO4)CC1)O3.Cl.Cl. The fourth-order valence-electron chi connectivity index (χ4n) is 5.37. The van der Waals surface area contributed by atoms with Crippen molar-refractivity contribution < 1.29 is 19.0 Å². The van der Waals surface area contributed by atoms with Crippen molar-refractivity contribution in [2.24, 2.45) is 5.92 Å². The zero-order chi connectivity index (χ0) is 23.8. The van der Waals surface area contributed by atoms with Crippen LogP contribution in [0.4, 0.5) is 5.69 Å². The molecule has 0 spiro atoms. The number of amides is 1. The maximum atomic E-state index is 11.6. The summed E-state index contributed by atoms with van der Waals surface area (Å²) >= 11 is 0. The lowest BCUT2D eigenvalue weighted by Gasteiger charge is -2.36. The summed E-state index contributed by atoms with van der Waals surface area (Å²) in [6.07, 6.45) is 4.60. The van der Waals surface area contributed by atoms with Crippen LogP contribution < -0.4 is 19.5 Å². The Hall–Kier alpha value is -2.74. The van der Waals surface area contributed by atoms with Gasteiger partial charge in [0.15, 0.2) is 18.1 Å². The van der Waals surface area contributed by atoms with Crippen molar-refractivity contribution in [1.29, 1.82) is 0 Å². The molecule has 1 aromatic heterocycles. The van der Waals surface area contributed by atoms with E-state index in [9.17, 15) is 4.79 Å². The van der Waals surface area contributed by atoms with Gasteiger partial charge in [-0.15, -0.1) is 24.8 Å². The number of nitrogens with zero attached hydrogens (tertiary/aromatic N) is 2. The van der Waals surface area contributed by atoms with Crippen molar-refractivity contribution in [1.82, 2.24) is 9.88 Å². The van der Waals surface area contributed by atoms with Crippen LogP contribution in [-0.4, -0.2) is 54.7 Å². The molecule has 1 saturated heterocycles. The van der Waals surface area contributed by atoms with Crippen LogP contribution >= 0.6 is 24.8 Å². The number of carbonyl (C=O) groups is 1. The first-order chi connectivity index (χ1) is 17.1. The average Bonchev–Trinajstić information content (AvgIpc) is 2.87. The number of rotatable bonds is 5. The Kier molecular flexibility index (Phi) is 8.67. The van der Waals surface area contributed by atoms with Crippen molar-refractivity contribution in [3.8, 4) is 17.2 Å². The third-order valence-electron chi connectivity index (χ3n) is 7.32. The number of likely N-dealkylation sites (tertiary alicyclic amines) is 1. The molecule has 1 N–H and O–H groups in total. The van der Waals surface area contributed by atoms with Crippen molar-refractivity contribution in [2.45, 2.75) is 38.7 Å². The minimum atomic E-state index is -0.0854. The molecule has 198 valence electrons. The molecule has 0 bridgehead atoms. The predicted octanol–water partition coefficient (Wildman–Crippen LogP) is 5.20. The third-order valence-corrected chi connectivity index (χ3v) is 7.32. The Balaban J connectivity index is 0.00000160. The third kappa shape index (κ3) is 6.06. The number of ether oxygens (including phenoxy) is 3. The minimum absolute atomic E-state index is 0. The van der Waals surface area contributed by atoms with E-state index >= 15 is 0 Å². The molecule has 1 atom stereocenters. The van der Waals surface area contributed by atoms with Crippen LogP contribution in [0, 0.1) is 12.8 Å². The van der Waals surface area contributed by atoms with E-state index in [1.807, 2.05) is 31.2 Å². The summed E-state index contributed by atoms with van der Waals surface area (Å²) < 4.78 is 17.9. The van der Waals surface area contributed by atoms with Crippen LogP contribution in [0.2, 0.25) is 0 Å². The van der Waals surface area contributed by atoms with E-state index in [0.29, 0.717) is 6.61 Å². The number of benzene rings is 2. The summed E-state index contributed by atoms with van der Waals surface area (Å²) in [6.45, 7) is 5.74. The minimum Gasteiger partial charge on any atom is -0.486 e. The Bertz CT molecular complexity index is 1260. The average molecular weight is 546 g/mol. The molecule has 6 rings (SSSR count). The maximum Gasteiger partial charge on any atom is 0.262 e. The predicted molar refractivity (Wildman–Crippen MR) is 149 cm³/mol. The number of piperidine rings is 1. The number of aromatic nitrogens is 1.